The molecule has 0 saturated carbocycles. The second-order valence-electron chi connectivity index (χ2n) is 13.9. The van der Waals surface area contributed by atoms with Gasteiger partial charge in [-0.2, -0.15) is 0 Å². The summed E-state index contributed by atoms with van der Waals surface area (Å²) in [6.07, 6.45) is 5.06. The van der Waals surface area contributed by atoms with Crippen LogP contribution in [0.15, 0.2) is 60.7 Å². The molecular formula is C36H52O4Si2. The van der Waals surface area contributed by atoms with Gasteiger partial charge in [-0.3, -0.25) is 0 Å². The molecule has 0 unspecified atom stereocenters. The molecule has 0 fully saturated rings. The van der Waals surface area contributed by atoms with E-state index >= 15 is 0 Å². The number of esters is 1. The van der Waals surface area contributed by atoms with Crippen molar-refractivity contribution >= 4 is 28.2 Å². The summed E-state index contributed by atoms with van der Waals surface area (Å²) in [6.45, 7) is 28.1. The predicted molar refractivity (Wildman–Crippen MR) is 182 cm³/mol. The number of hydrogen-bond acceptors (Lipinski definition) is 4. The van der Waals surface area contributed by atoms with Gasteiger partial charge in [-0.1, -0.05) is 83.7 Å². The molecule has 0 bridgehead atoms. The highest BCUT2D eigenvalue weighted by Gasteiger charge is 2.38. The number of ether oxygens (including phenoxy) is 1. The topological polar surface area (TPSA) is 44.8 Å². The highest BCUT2D eigenvalue weighted by atomic mass is 28.4. The van der Waals surface area contributed by atoms with E-state index in [2.05, 4.69) is 104 Å². The summed E-state index contributed by atoms with van der Waals surface area (Å²) < 4.78 is 18.2. The van der Waals surface area contributed by atoms with E-state index < -0.39 is 16.6 Å². The minimum atomic E-state index is -1.93. The van der Waals surface area contributed by atoms with Crippen LogP contribution in [0.1, 0.15) is 83.2 Å². The van der Waals surface area contributed by atoms with Gasteiger partial charge in [-0.05, 0) is 96.6 Å². The minimum Gasteiger partial charge on any atom is -0.463 e. The molecule has 42 heavy (non-hydrogen) atoms. The number of benzene rings is 2. The molecule has 4 nitrogen and oxygen atoms in total. The summed E-state index contributed by atoms with van der Waals surface area (Å²) in [4.78, 5) is 11.6. The SMILES string of the molecule is CCOC(=O)C=CC=C(C)c1cccc(C#Cc2ccc(CO[Si](C)(C)C(C)(C)C)c(CO[Si](C)(C)C(C)(C)C)c2)c1. The van der Waals surface area contributed by atoms with Crippen molar-refractivity contribution in [2.75, 3.05) is 6.61 Å². The van der Waals surface area contributed by atoms with E-state index in [1.165, 1.54) is 11.6 Å². The van der Waals surface area contributed by atoms with Crippen molar-refractivity contribution in [2.45, 2.75) is 105 Å². The van der Waals surface area contributed by atoms with E-state index in [-0.39, 0.29) is 16.0 Å². The largest absolute Gasteiger partial charge is 0.463 e. The summed E-state index contributed by atoms with van der Waals surface area (Å²) in [5, 5.41) is 0.282. The van der Waals surface area contributed by atoms with Gasteiger partial charge in [0.05, 0.1) is 19.8 Å². The molecule has 0 aliphatic heterocycles. The number of carbonyl (C=O) groups is 1. The summed E-state index contributed by atoms with van der Waals surface area (Å²) >= 11 is 0. The zero-order valence-electron chi connectivity index (χ0n) is 28.0. The fourth-order valence-corrected chi connectivity index (χ4v) is 5.37. The molecule has 0 heterocycles. The lowest BCUT2D eigenvalue weighted by Crippen LogP contribution is -2.41. The van der Waals surface area contributed by atoms with E-state index in [9.17, 15) is 4.79 Å². The van der Waals surface area contributed by atoms with E-state index in [1.54, 1.807) is 13.0 Å². The Morgan fingerprint density at radius 3 is 1.90 bits per heavy atom. The Morgan fingerprint density at radius 1 is 0.810 bits per heavy atom. The maximum Gasteiger partial charge on any atom is 0.330 e. The Bertz CT molecular complexity index is 1340. The summed E-state index contributed by atoms with van der Waals surface area (Å²) in [7, 11) is -3.83. The van der Waals surface area contributed by atoms with Crippen LogP contribution < -0.4 is 0 Å². The lowest BCUT2D eigenvalue weighted by Gasteiger charge is -2.37. The highest BCUT2D eigenvalue weighted by molar-refractivity contribution is 6.74. The third-order valence-electron chi connectivity index (χ3n) is 8.53. The van der Waals surface area contributed by atoms with Gasteiger partial charge in [0.25, 0.3) is 0 Å². The van der Waals surface area contributed by atoms with Crippen LogP contribution in [-0.4, -0.2) is 29.2 Å². The Kier molecular flexibility index (Phi) is 12.4. The van der Waals surface area contributed by atoms with Crippen LogP contribution in [0.3, 0.4) is 0 Å². The van der Waals surface area contributed by atoms with Crippen molar-refractivity contribution in [3.8, 4) is 11.8 Å². The lowest BCUT2D eigenvalue weighted by molar-refractivity contribution is -0.137. The van der Waals surface area contributed by atoms with Crippen molar-refractivity contribution in [1.82, 2.24) is 0 Å². The fourth-order valence-electron chi connectivity index (χ4n) is 3.47. The van der Waals surface area contributed by atoms with Gasteiger partial charge in [-0.25, -0.2) is 4.79 Å². The minimum absolute atomic E-state index is 0.133. The molecule has 2 rings (SSSR count). The maximum absolute atomic E-state index is 11.6. The third-order valence-corrected chi connectivity index (χ3v) is 17.5. The molecule has 0 radical (unpaired) electrons. The lowest BCUT2D eigenvalue weighted by atomic mass is 10.0. The number of carbonyl (C=O) groups excluding carboxylic acids is 1. The first-order valence-electron chi connectivity index (χ1n) is 14.9. The van der Waals surface area contributed by atoms with Crippen LogP contribution in [0, 0.1) is 11.8 Å². The van der Waals surface area contributed by atoms with E-state index in [0.717, 1.165) is 27.8 Å². The number of allylic oxidation sites excluding steroid dienone is 3. The van der Waals surface area contributed by atoms with Gasteiger partial charge >= 0.3 is 5.97 Å². The van der Waals surface area contributed by atoms with E-state index in [0.29, 0.717) is 19.8 Å². The molecule has 0 amide bonds. The first-order chi connectivity index (χ1) is 19.4. The quantitative estimate of drug-likeness (QED) is 0.0890. The Labute approximate surface area is 257 Å². The van der Waals surface area contributed by atoms with Gasteiger partial charge in [0.2, 0.25) is 0 Å². The normalized spacial score (nSPS) is 13.2. The van der Waals surface area contributed by atoms with Gasteiger partial charge in [-0.15, -0.1) is 0 Å². The fraction of sp³-hybridized carbons (Fsp3) is 0.472. The molecule has 0 saturated heterocycles. The standard InChI is InChI=1S/C36H52O4Si2/c1-13-38-34(37)19-14-16-28(2)31-18-15-17-29(24-31)20-21-30-22-23-32(26-39-41(9,10)35(3,4)5)33(25-30)27-40-42(11,12)36(6,7)8/h14-19,22-25H,13,26-27H2,1-12H3. The van der Waals surface area contributed by atoms with Gasteiger partial charge in [0.1, 0.15) is 0 Å². The van der Waals surface area contributed by atoms with E-state index in [4.69, 9.17) is 13.6 Å². The second-order valence-corrected chi connectivity index (χ2v) is 23.5. The molecule has 0 N–H and O–H groups in total. The van der Waals surface area contributed by atoms with Crippen molar-refractivity contribution in [3.05, 3.63) is 88.5 Å². The van der Waals surface area contributed by atoms with Crippen LogP contribution >= 0.6 is 0 Å². The van der Waals surface area contributed by atoms with Crippen molar-refractivity contribution in [2.24, 2.45) is 0 Å². The van der Waals surface area contributed by atoms with Crippen LogP contribution in [0.2, 0.25) is 36.3 Å². The maximum atomic E-state index is 11.6. The summed E-state index contributed by atoms with van der Waals surface area (Å²) in [6, 6.07) is 14.5. The molecule has 0 aliphatic carbocycles. The monoisotopic (exact) mass is 604 g/mol. The average Bonchev–Trinajstić information content (AvgIpc) is 2.89. The zero-order chi connectivity index (χ0) is 31.8. The third kappa shape index (κ3) is 10.5. The molecule has 6 heteroatoms. The molecule has 0 spiro atoms. The average molecular weight is 605 g/mol. The molecule has 228 valence electrons. The van der Waals surface area contributed by atoms with Gasteiger partial charge < -0.3 is 13.6 Å². The summed E-state index contributed by atoms with van der Waals surface area (Å²) in [5.74, 6) is 6.37. The van der Waals surface area contributed by atoms with Gasteiger partial charge in [0.15, 0.2) is 16.6 Å². The Balaban J connectivity index is 2.35. The molecule has 2 aromatic carbocycles. The van der Waals surface area contributed by atoms with Crippen LogP contribution in [0.25, 0.3) is 5.57 Å². The van der Waals surface area contributed by atoms with Crippen LogP contribution in [0.5, 0.6) is 0 Å². The molecule has 0 aromatic heterocycles. The Hall–Kier alpha value is -2.70. The molecule has 0 atom stereocenters. The van der Waals surface area contributed by atoms with Gasteiger partial charge in [0, 0.05) is 17.2 Å². The van der Waals surface area contributed by atoms with Crippen molar-refractivity contribution < 1.29 is 18.4 Å². The van der Waals surface area contributed by atoms with Crippen LogP contribution in [0.4, 0.5) is 0 Å². The zero-order valence-corrected chi connectivity index (χ0v) is 30.0. The smallest absolute Gasteiger partial charge is 0.330 e. The number of hydrogen-bond donors (Lipinski definition) is 0. The number of rotatable bonds is 10. The highest BCUT2D eigenvalue weighted by Crippen LogP contribution is 2.39. The van der Waals surface area contributed by atoms with E-state index in [1.807, 2.05) is 31.2 Å². The molecule has 2 aromatic rings. The first-order valence-corrected chi connectivity index (χ1v) is 20.7. The van der Waals surface area contributed by atoms with Crippen LogP contribution in [-0.2, 0) is 31.6 Å². The predicted octanol–water partition coefficient (Wildman–Crippen LogP) is 9.65. The molecule has 0 aliphatic rings. The molecular weight excluding hydrogens is 553 g/mol. The second kappa shape index (κ2) is 14.7. The van der Waals surface area contributed by atoms with Crippen molar-refractivity contribution in [3.63, 3.8) is 0 Å². The Morgan fingerprint density at radius 2 is 1.36 bits per heavy atom. The summed E-state index contributed by atoms with van der Waals surface area (Å²) in [5.41, 5.74) is 6.29. The van der Waals surface area contributed by atoms with Crippen molar-refractivity contribution in [1.29, 1.82) is 0 Å². The first kappa shape index (κ1) is 35.5.